The van der Waals surface area contributed by atoms with Gasteiger partial charge in [0.1, 0.15) is 11.9 Å². The minimum atomic E-state index is 0. The molecular formula is C19H34IN5O. The van der Waals surface area contributed by atoms with E-state index in [2.05, 4.69) is 46.4 Å². The maximum absolute atomic E-state index is 6.02. The number of benzene rings is 1. The molecule has 0 bridgehead atoms. The van der Waals surface area contributed by atoms with Crippen molar-refractivity contribution in [3.63, 3.8) is 0 Å². The van der Waals surface area contributed by atoms with Gasteiger partial charge in [-0.2, -0.15) is 0 Å². The van der Waals surface area contributed by atoms with Gasteiger partial charge in [0.25, 0.3) is 0 Å². The van der Waals surface area contributed by atoms with Crippen molar-refractivity contribution < 1.29 is 4.74 Å². The number of nitrogens with one attached hydrogen (secondary N) is 2. The van der Waals surface area contributed by atoms with E-state index < -0.39 is 0 Å². The van der Waals surface area contributed by atoms with Crippen LogP contribution in [-0.4, -0.2) is 81.8 Å². The number of piperazine rings is 1. The number of nitrogens with zero attached hydrogens (tertiary/aromatic N) is 3. The summed E-state index contributed by atoms with van der Waals surface area (Å²) in [5.74, 6) is 1.74. The third kappa shape index (κ3) is 7.67. The topological polar surface area (TPSA) is 52.1 Å². The maximum Gasteiger partial charge on any atom is 0.191 e. The number of rotatable bonds is 7. The lowest BCUT2D eigenvalue weighted by molar-refractivity contribution is 0.116. The Morgan fingerprint density at radius 3 is 2.62 bits per heavy atom. The SMILES string of the molecule is CCC(CNC(=NC)NCC1CN(C)CCN1C)Oc1ccccc1.I. The maximum atomic E-state index is 6.02. The Morgan fingerprint density at radius 2 is 1.96 bits per heavy atom. The smallest absolute Gasteiger partial charge is 0.191 e. The van der Waals surface area contributed by atoms with Crippen LogP contribution in [0.2, 0.25) is 0 Å². The molecule has 2 rings (SSSR count). The highest BCUT2D eigenvalue weighted by Crippen LogP contribution is 2.12. The van der Waals surface area contributed by atoms with Gasteiger partial charge < -0.3 is 20.3 Å². The molecule has 1 heterocycles. The molecule has 0 aromatic heterocycles. The quantitative estimate of drug-likeness (QED) is 0.359. The van der Waals surface area contributed by atoms with Crippen molar-refractivity contribution in [3.05, 3.63) is 30.3 Å². The van der Waals surface area contributed by atoms with Gasteiger partial charge >= 0.3 is 0 Å². The summed E-state index contributed by atoms with van der Waals surface area (Å²) >= 11 is 0. The van der Waals surface area contributed by atoms with Gasteiger partial charge in [0.05, 0.1) is 6.54 Å². The van der Waals surface area contributed by atoms with Crippen molar-refractivity contribution in [2.75, 3.05) is 53.9 Å². The van der Waals surface area contributed by atoms with Crippen LogP contribution in [0.1, 0.15) is 13.3 Å². The monoisotopic (exact) mass is 475 g/mol. The molecule has 1 fully saturated rings. The number of guanidine groups is 1. The van der Waals surface area contributed by atoms with E-state index in [0.29, 0.717) is 6.04 Å². The van der Waals surface area contributed by atoms with Crippen LogP contribution in [0.4, 0.5) is 0 Å². The van der Waals surface area contributed by atoms with Gasteiger partial charge in [0.2, 0.25) is 0 Å². The number of para-hydroxylation sites is 1. The molecule has 7 heteroatoms. The Hall–Kier alpha value is -1.06. The highest BCUT2D eigenvalue weighted by Gasteiger charge is 2.22. The Morgan fingerprint density at radius 1 is 1.23 bits per heavy atom. The zero-order valence-electron chi connectivity index (χ0n) is 16.4. The van der Waals surface area contributed by atoms with E-state index in [1.807, 2.05) is 37.4 Å². The molecule has 0 saturated carbocycles. The zero-order chi connectivity index (χ0) is 18.1. The highest BCUT2D eigenvalue weighted by molar-refractivity contribution is 14.0. The average molecular weight is 475 g/mol. The van der Waals surface area contributed by atoms with Crippen LogP contribution in [0.25, 0.3) is 0 Å². The number of aliphatic imine (C=N–C) groups is 1. The number of hydrogen-bond acceptors (Lipinski definition) is 4. The van der Waals surface area contributed by atoms with E-state index in [-0.39, 0.29) is 30.1 Å². The molecule has 0 amide bonds. The van der Waals surface area contributed by atoms with Crippen LogP contribution in [0, 0.1) is 0 Å². The Kier molecular flexibility index (Phi) is 10.9. The van der Waals surface area contributed by atoms with E-state index in [1.54, 1.807) is 0 Å². The number of hydrogen-bond donors (Lipinski definition) is 2. The van der Waals surface area contributed by atoms with Gasteiger partial charge in [0.15, 0.2) is 5.96 Å². The van der Waals surface area contributed by atoms with E-state index in [9.17, 15) is 0 Å². The molecule has 26 heavy (non-hydrogen) atoms. The molecule has 0 aliphatic carbocycles. The summed E-state index contributed by atoms with van der Waals surface area (Å²) in [5.41, 5.74) is 0. The lowest BCUT2D eigenvalue weighted by Gasteiger charge is -2.38. The summed E-state index contributed by atoms with van der Waals surface area (Å²) in [6.07, 6.45) is 1.05. The summed E-state index contributed by atoms with van der Waals surface area (Å²) in [6, 6.07) is 10.5. The van der Waals surface area contributed by atoms with Gasteiger partial charge in [-0.05, 0) is 32.6 Å². The minimum Gasteiger partial charge on any atom is -0.489 e. The van der Waals surface area contributed by atoms with E-state index >= 15 is 0 Å². The van der Waals surface area contributed by atoms with E-state index in [1.165, 1.54) is 0 Å². The molecule has 1 aromatic rings. The van der Waals surface area contributed by atoms with Crippen LogP contribution in [0.3, 0.4) is 0 Å². The molecular weight excluding hydrogens is 441 g/mol. The van der Waals surface area contributed by atoms with Gasteiger partial charge in [-0.1, -0.05) is 25.1 Å². The molecule has 2 atom stereocenters. The molecule has 1 aliphatic heterocycles. The second kappa shape index (κ2) is 12.3. The lowest BCUT2D eigenvalue weighted by atomic mass is 10.2. The summed E-state index contributed by atoms with van der Waals surface area (Å²) in [4.78, 5) is 9.13. The van der Waals surface area contributed by atoms with Crippen molar-refractivity contribution in [3.8, 4) is 5.75 Å². The van der Waals surface area contributed by atoms with Crippen molar-refractivity contribution in [1.29, 1.82) is 0 Å². The summed E-state index contributed by atoms with van der Waals surface area (Å²) < 4.78 is 6.02. The minimum absolute atomic E-state index is 0. The normalized spacial score (nSPS) is 20.2. The Labute approximate surface area is 175 Å². The molecule has 0 spiro atoms. The van der Waals surface area contributed by atoms with Gasteiger partial charge in [-0.3, -0.25) is 9.89 Å². The lowest BCUT2D eigenvalue weighted by Crippen LogP contribution is -2.55. The van der Waals surface area contributed by atoms with Crippen LogP contribution < -0.4 is 15.4 Å². The van der Waals surface area contributed by atoms with Crippen LogP contribution in [0.15, 0.2) is 35.3 Å². The number of ether oxygens (including phenoxy) is 1. The molecule has 1 aromatic carbocycles. The summed E-state index contributed by atoms with van der Waals surface area (Å²) in [7, 11) is 6.18. The predicted molar refractivity (Wildman–Crippen MR) is 120 cm³/mol. The van der Waals surface area contributed by atoms with Crippen molar-refractivity contribution >= 4 is 29.9 Å². The number of likely N-dealkylation sites (N-methyl/N-ethyl adjacent to an activating group) is 2. The Bertz CT molecular complexity index is 528. The first kappa shape index (κ1) is 23.0. The summed E-state index contributed by atoms with van der Waals surface area (Å²) in [6.45, 7) is 7.07. The fraction of sp³-hybridized carbons (Fsp3) is 0.632. The van der Waals surface area contributed by atoms with Crippen LogP contribution >= 0.6 is 24.0 Å². The molecule has 1 aliphatic rings. The van der Waals surface area contributed by atoms with E-state index in [4.69, 9.17) is 4.74 Å². The molecule has 2 unspecified atom stereocenters. The second-order valence-electron chi connectivity index (χ2n) is 6.69. The second-order valence-corrected chi connectivity index (χ2v) is 6.69. The molecule has 6 nitrogen and oxygen atoms in total. The van der Waals surface area contributed by atoms with Gasteiger partial charge in [-0.25, -0.2) is 0 Å². The Balaban J connectivity index is 0.00000338. The van der Waals surface area contributed by atoms with Crippen molar-refractivity contribution in [2.24, 2.45) is 4.99 Å². The van der Waals surface area contributed by atoms with Gasteiger partial charge in [0, 0.05) is 39.3 Å². The van der Waals surface area contributed by atoms with Crippen LogP contribution in [0.5, 0.6) is 5.75 Å². The predicted octanol–water partition coefficient (Wildman–Crippen LogP) is 1.87. The average Bonchev–Trinajstić information content (AvgIpc) is 2.64. The standard InChI is InChI=1S/C19H33N5O.HI/c1-5-17(25-18-9-7-6-8-10-18)14-22-19(20-2)21-13-16-15-23(3)11-12-24(16)4;/h6-10,16-17H,5,11-15H2,1-4H3,(H2,20,21,22);1H. The van der Waals surface area contributed by atoms with Crippen LogP contribution in [-0.2, 0) is 0 Å². The highest BCUT2D eigenvalue weighted by atomic mass is 127. The summed E-state index contributed by atoms with van der Waals surface area (Å²) in [5, 5.41) is 6.84. The first-order valence-corrected chi connectivity index (χ1v) is 9.17. The van der Waals surface area contributed by atoms with Gasteiger partial charge in [-0.15, -0.1) is 24.0 Å². The van der Waals surface area contributed by atoms with Crippen molar-refractivity contribution in [1.82, 2.24) is 20.4 Å². The molecule has 1 saturated heterocycles. The fourth-order valence-electron chi connectivity index (χ4n) is 2.93. The third-order valence-electron chi connectivity index (χ3n) is 4.71. The molecule has 2 N–H and O–H groups in total. The van der Waals surface area contributed by atoms with E-state index in [0.717, 1.165) is 50.9 Å². The molecule has 0 radical (unpaired) electrons. The van der Waals surface area contributed by atoms with Crippen molar-refractivity contribution in [2.45, 2.75) is 25.5 Å². The third-order valence-corrected chi connectivity index (χ3v) is 4.71. The first-order valence-electron chi connectivity index (χ1n) is 9.17. The zero-order valence-corrected chi connectivity index (χ0v) is 18.8. The molecule has 148 valence electrons. The number of halogens is 1. The largest absolute Gasteiger partial charge is 0.489 e. The first-order chi connectivity index (χ1) is 12.1. The fourth-order valence-corrected chi connectivity index (χ4v) is 2.93.